The van der Waals surface area contributed by atoms with E-state index in [1.54, 1.807) is 0 Å². The summed E-state index contributed by atoms with van der Waals surface area (Å²) in [5, 5.41) is 0. The molecule has 0 amide bonds. The molecule has 0 saturated heterocycles. The van der Waals surface area contributed by atoms with Gasteiger partial charge in [-0.3, -0.25) is 0 Å². The third kappa shape index (κ3) is 5.71. The largest absolute Gasteiger partial charge is 0.748 e. The van der Waals surface area contributed by atoms with Gasteiger partial charge in [0.1, 0.15) is 0 Å². The van der Waals surface area contributed by atoms with E-state index in [1.165, 1.54) is 24.0 Å². The van der Waals surface area contributed by atoms with Crippen molar-refractivity contribution in [3.63, 3.8) is 0 Å². The molecule has 0 aliphatic heterocycles. The number of aryl methyl sites for hydroxylation is 1. The van der Waals surface area contributed by atoms with Gasteiger partial charge < -0.3 is 30.3 Å². The van der Waals surface area contributed by atoms with Gasteiger partial charge >= 0.3 is 0 Å². The van der Waals surface area contributed by atoms with Crippen LogP contribution < -0.4 is 0 Å². The van der Waals surface area contributed by atoms with Crippen LogP contribution in [0.25, 0.3) is 0 Å². The minimum atomic E-state index is 0. The van der Waals surface area contributed by atoms with Gasteiger partial charge in [-0.1, -0.05) is 40.5 Å². The van der Waals surface area contributed by atoms with Crippen molar-refractivity contribution in [3.05, 3.63) is 59.7 Å². The molecule has 106 valence electrons. The Bertz CT molecular complexity index is 370. The van der Waals surface area contributed by atoms with E-state index in [0.29, 0.717) is 5.41 Å². The molecule has 18 heavy (non-hydrogen) atoms. The summed E-state index contributed by atoms with van der Waals surface area (Å²) in [5.41, 5.74) is 3.36. The number of hydrogen-bond donors (Lipinski definition) is 0. The molecule has 1 heteroatoms. The van der Waals surface area contributed by atoms with Crippen LogP contribution in [0, 0.1) is 0 Å². The Balaban J connectivity index is 0.000000405. The van der Waals surface area contributed by atoms with Crippen LogP contribution in [-0.2, 0) is 28.9 Å². The van der Waals surface area contributed by atoms with Gasteiger partial charge in [0.15, 0.2) is 0 Å². The Kier molecular flexibility index (Phi) is 7.98. The SMILES string of the molecule is CCC[c-]1cccc1C(C)(C)C.[Fe].[cH-]1[cH-][cH-][cH-][cH-]1. The van der Waals surface area contributed by atoms with Gasteiger partial charge in [0, 0.05) is 17.1 Å². The fourth-order valence-corrected chi connectivity index (χ4v) is 2.00. The van der Waals surface area contributed by atoms with Crippen molar-refractivity contribution in [2.24, 2.45) is 0 Å². The van der Waals surface area contributed by atoms with Crippen LogP contribution in [0.5, 0.6) is 0 Å². The first-order valence-electron chi connectivity index (χ1n) is 6.47. The average molecular weight is 284 g/mol. The van der Waals surface area contributed by atoms with Crippen LogP contribution in [0.4, 0.5) is 0 Å². The molecule has 0 aliphatic rings. The minimum Gasteiger partial charge on any atom is -0.748 e. The van der Waals surface area contributed by atoms with Gasteiger partial charge in [0.05, 0.1) is 0 Å². The summed E-state index contributed by atoms with van der Waals surface area (Å²) in [6.07, 6.45) is 2.46. The minimum absolute atomic E-state index is 0. The Morgan fingerprint density at radius 1 is 1.06 bits per heavy atom. The van der Waals surface area contributed by atoms with Gasteiger partial charge in [-0.05, 0) is 5.41 Å². The molecule has 0 N–H and O–H groups in total. The van der Waals surface area contributed by atoms with Crippen molar-refractivity contribution in [1.82, 2.24) is 0 Å². The summed E-state index contributed by atoms with van der Waals surface area (Å²) < 4.78 is 0. The maximum atomic E-state index is 2.28. The van der Waals surface area contributed by atoms with Gasteiger partial charge in [0.25, 0.3) is 0 Å². The van der Waals surface area contributed by atoms with Crippen molar-refractivity contribution in [2.45, 2.75) is 46.0 Å². The molecule has 0 bridgehead atoms. The molecular formula is C17H24Fe-6. The van der Waals surface area contributed by atoms with Crippen LogP contribution in [0.1, 0.15) is 45.2 Å². The average Bonchev–Trinajstić information content (AvgIpc) is 2.90. The van der Waals surface area contributed by atoms with Crippen molar-refractivity contribution in [3.8, 4) is 0 Å². The second-order valence-electron chi connectivity index (χ2n) is 5.43. The van der Waals surface area contributed by atoms with E-state index in [-0.39, 0.29) is 17.1 Å². The molecule has 0 heterocycles. The van der Waals surface area contributed by atoms with E-state index in [9.17, 15) is 0 Å². The van der Waals surface area contributed by atoms with E-state index in [4.69, 9.17) is 0 Å². The fourth-order valence-electron chi connectivity index (χ4n) is 2.00. The van der Waals surface area contributed by atoms with E-state index in [1.807, 2.05) is 30.3 Å². The summed E-state index contributed by atoms with van der Waals surface area (Å²) >= 11 is 0. The summed E-state index contributed by atoms with van der Waals surface area (Å²) in [7, 11) is 0. The second-order valence-corrected chi connectivity index (χ2v) is 5.43. The first kappa shape index (κ1) is 17.2. The molecule has 2 rings (SSSR count). The van der Waals surface area contributed by atoms with Gasteiger partial charge in [-0.25, -0.2) is 12.1 Å². The van der Waals surface area contributed by atoms with E-state index < -0.39 is 0 Å². The van der Waals surface area contributed by atoms with Crippen molar-refractivity contribution < 1.29 is 17.1 Å². The summed E-state index contributed by atoms with van der Waals surface area (Å²) in [5.74, 6) is 0. The maximum absolute atomic E-state index is 2.28. The quantitative estimate of drug-likeness (QED) is 0.534. The molecule has 0 saturated carbocycles. The molecule has 0 spiro atoms. The molecule has 0 aliphatic carbocycles. The van der Waals surface area contributed by atoms with Gasteiger partial charge in [0.2, 0.25) is 0 Å². The van der Waals surface area contributed by atoms with Crippen LogP contribution in [0.2, 0.25) is 0 Å². The van der Waals surface area contributed by atoms with E-state index >= 15 is 0 Å². The van der Waals surface area contributed by atoms with Gasteiger partial charge in [-0.2, -0.15) is 17.2 Å². The third-order valence-electron chi connectivity index (χ3n) is 2.79. The summed E-state index contributed by atoms with van der Waals surface area (Å²) in [4.78, 5) is 0. The zero-order valence-corrected chi connectivity index (χ0v) is 13.0. The molecule has 2 aromatic carbocycles. The molecule has 0 atom stereocenters. The van der Waals surface area contributed by atoms with E-state index in [2.05, 4.69) is 45.9 Å². The van der Waals surface area contributed by atoms with Crippen molar-refractivity contribution in [1.29, 1.82) is 0 Å². The van der Waals surface area contributed by atoms with E-state index in [0.717, 1.165) is 0 Å². The zero-order valence-electron chi connectivity index (χ0n) is 11.9. The van der Waals surface area contributed by atoms with Crippen LogP contribution >= 0.6 is 0 Å². The molecule has 0 aromatic heterocycles. The van der Waals surface area contributed by atoms with Crippen LogP contribution in [-0.4, -0.2) is 0 Å². The predicted octanol–water partition coefficient (Wildman–Crippen LogP) is 5.06. The van der Waals surface area contributed by atoms with Crippen molar-refractivity contribution >= 4 is 0 Å². The third-order valence-corrected chi connectivity index (χ3v) is 2.79. The number of hydrogen-bond acceptors (Lipinski definition) is 0. The Hall–Kier alpha value is -0.781. The molecule has 0 nitrogen and oxygen atoms in total. The second kappa shape index (κ2) is 8.34. The summed E-state index contributed by atoms with van der Waals surface area (Å²) in [6, 6.07) is 16.7. The summed E-state index contributed by atoms with van der Waals surface area (Å²) in [6.45, 7) is 9.07. The zero-order chi connectivity index (χ0) is 12.7. The van der Waals surface area contributed by atoms with Crippen LogP contribution in [0.15, 0.2) is 48.5 Å². The number of rotatable bonds is 2. The fraction of sp³-hybridized carbons (Fsp3) is 0.412. The topological polar surface area (TPSA) is 0 Å². The molecule has 0 radical (unpaired) electrons. The van der Waals surface area contributed by atoms with Gasteiger partial charge in [-0.15, -0.1) is 0 Å². The Morgan fingerprint density at radius 2 is 1.56 bits per heavy atom. The first-order valence-corrected chi connectivity index (χ1v) is 6.47. The maximum Gasteiger partial charge on any atom is 0 e. The molecule has 2 aromatic rings. The van der Waals surface area contributed by atoms with Crippen LogP contribution in [0.3, 0.4) is 0 Å². The Morgan fingerprint density at radius 3 is 1.94 bits per heavy atom. The smallest absolute Gasteiger partial charge is 0 e. The predicted molar refractivity (Wildman–Crippen MR) is 76.8 cm³/mol. The Labute approximate surface area is 123 Å². The normalized spacial score (nSPS) is 10.2. The molecule has 0 unspecified atom stereocenters. The standard InChI is InChI=1S/C12H19.C5H5.Fe/c1-5-7-10-8-6-9-11(10)12(2,3)4;1-2-4-5-3-1;/h6,8-9H,5,7H2,1-4H3;1-5H;/q-1;-5;. The molecular weight excluding hydrogens is 260 g/mol. The van der Waals surface area contributed by atoms with Crippen molar-refractivity contribution in [2.75, 3.05) is 0 Å². The monoisotopic (exact) mass is 284 g/mol. The molecule has 0 fully saturated rings. The first-order chi connectivity index (χ1) is 8.05.